The maximum atomic E-state index is 9.60. The number of hydrogen-bond acceptors (Lipinski definition) is 3. The Morgan fingerprint density at radius 2 is 2.06 bits per heavy atom. The smallest absolute Gasteiger partial charge is 0.0772 e. The minimum absolute atomic E-state index is 0.152. The SMILES string of the molecule is CCCCN(CCO)c1ccc([C@H](C)O)c(Br)c1. The summed E-state index contributed by atoms with van der Waals surface area (Å²) >= 11 is 3.49. The predicted octanol–water partition coefficient (Wildman–Crippen LogP) is 3.10. The molecule has 1 rings (SSSR count). The van der Waals surface area contributed by atoms with Crippen molar-refractivity contribution in [2.75, 3.05) is 24.6 Å². The van der Waals surface area contributed by atoms with Crippen LogP contribution in [0.4, 0.5) is 5.69 Å². The third kappa shape index (κ3) is 4.26. The Labute approximate surface area is 118 Å². The fourth-order valence-corrected chi connectivity index (χ4v) is 2.59. The van der Waals surface area contributed by atoms with Gasteiger partial charge < -0.3 is 15.1 Å². The van der Waals surface area contributed by atoms with E-state index in [1.165, 1.54) is 0 Å². The number of aliphatic hydroxyl groups is 2. The van der Waals surface area contributed by atoms with Gasteiger partial charge in [-0.25, -0.2) is 0 Å². The van der Waals surface area contributed by atoms with Gasteiger partial charge in [0, 0.05) is 23.2 Å². The van der Waals surface area contributed by atoms with E-state index in [-0.39, 0.29) is 6.61 Å². The van der Waals surface area contributed by atoms with Crippen molar-refractivity contribution in [3.8, 4) is 0 Å². The van der Waals surface area contributed by atoms with Crippen molar-refractivity contribution in [1.82, 2.24) is 0 Å². The lowest BCUT2D eigenvalue weighted by Crippen LogP contribution is -2.27. The van der Waals surface area contributed by atoms with Crippen LogP contribution in [0.25, 0.3) is 0 Å². The zero-order valence-electron chi connectivity index (χ0n) is 11.1. The van der Waals surface area contributed by atoms with E-state index >= 15 is 0 Å². The van der Waals surface area contributed by atoms with Gasteiger partial charge in [0.15, 0.2) is 0 Å². The van der Waals surface area contributed by atoms with E-state index < -0.39 is 6.10 Å². The summed E-state index contributed by atoms with van der Waals surface area (Å²) < 4.78 is 0.912. The van der Waals surface area contributed by atoms with Gasteiger partial charge in [0.1, 0.15) is 0 Å². The molecule has 0 spiro atoms. The van der Waals surface area contributed by atoms with Gasteiger partial charge in [-0.3, -0.25) is 0 Å². The van der Waals surface area contributed by atoms with Gasteiger partial charge in [-0.05, 0) is 31.0 Å². The van der Waals surface area contributed by atoms with Crippen molar-refractivity contribution in [2.45, 2.75) is 32.8 Å². The molecule has 0 saturated carbocycles. The Hall–Kier alpha value is -0.580. The Morgan fingerprint density at radius 3 is 2.56 bits per heavy atom. The number of rotatable bonds is 7. The summed E-state index contributed by atoms with van der Waals surface area (Å²) in [7, 11) is 0. The summed E-state index contributed by atoms with van der Waals surface area (Å²) in [4.78, 5) is 2.17. The highest BCUT2D eigenvalue weighted by Crippen LogP contribution is 2.28. The first-order chi connectivity index (χ1) is 8.60. The molecule has 0 saturated heterocycles. The quantitative estimate of drug-likeness (QED) is 0.812. The lowest BCUT2D eigenvalue weighted by molar-refractivity contribution is 0.198. The normalized spacial score (nSPS) is 12.5. The van der Waals surface area contributed by atoms with Crippen LogP contribution in [-0.4, -0.2) is 29.9 Å². The molecule has 0 aliphatic heterocycles. The molecule has 18 heavy (non-hydrogen) atoms. The number of anilines is 1. The largest absolute Gasteiger partial charge is 0.395 e. The first-order valence-electron chi connectivity index (χ1n) is 6.43. The molecule has 0 aliphatic rings. The summed E-state index contributed by atoms with van der Waals surface area (Å²) in [6, 6.07) is 5.94. The molecule has 0 aliphatic carbocycles. The Balaban J connectivity index is 2.88. The number of benzene rings is 1. The van der Waals surface area contributed by atoms with Gasteiger partial charge in [0.2, 0.25) is 0 Å². The molecule has 3 nitrogen and oxygen atoms in total. The molecule has 4 heteroatoms. The first kappa shape index (κ1) is 15.5. The molecule has 0 unspecified atom stereocenters. The van der Waals surface area contributed by atoms with Crippen LogP contribution >= 0.6 is 15.9 Å². The molecule has 0 bridgehead atoms. The molecule has 0 aromatic heterocycles. The van der Waals surface area contributed by atoms with Crippen molar-refractivity contribution in [3.05, 3.63) is 28.2 Å². The summed E-state index contributed by atoms with van der Waals surface area (Å²) in [5, 5.41) is 18.7. The van der Waals surface area contributed by atoms with Gasteiger partial charge >= 0.3 is 0 Å². The molecule has 0 fully saturated rings. The van der Waals surface area contributed by atoms with Gasteiger partial charge in [-0.15, -0.1) is 0 Å². The van der Waals surface area contributed by atoms with Crippen molar-refractivity contribution in [2.24, 2.45) is 0 Å². The van der Waals surface area contributed by atoms with Gasteiger partial charge in [-0.2, -0.15) is 0 Å². The maximum absolute atomic E-state index is 9.60. The highest BCUT2D eigenvalue weighted by molar-refractivity contribution is 9.10. The summed E-state index contributed by atoms with van der Waals surface area (Å²) in [6.07, 6.45) is 1.76. The maximum Gasteiger partial charge on any atom is 0.0772 e. The van der Waals surface area contributed by atoms with E-state index in [1.54, 1.807) is 6.92 Å². The molecule has 0 heterocycles. The third-order valence-corrected chi connectivity index (χ3v) is 3.64. The van der Waals surface area contributed by atoms with E-state index in [4.69, 9.17) is 5.11 Å². The fourth-order valence-electron chi connectivity index (χ4n) is 1.89. The van der Waals surface area contributed by atoms with E-state index in [1.807, 2.05) is 18.2 Å². The van der Waals surface area contributed by atoms with E-state index in [2.05, 4.69) is 27.8 Å². The van der Waals surface area contributed by atoms with Gasteiger partial charge in [-0.1, -0.05) is 35.3 Å². The third-order valence-electron chi connectivity index (χ3n) is 2.95. The van der Waals surface area contributed by atoms with Crippen LogP contribution in [0.3, 0.4) is 0 Å². The average molecular weight is 316 g/mol. The number of nitrogens with zero attached hydrogens (tertiary/aromatic N) is 1. The topological polar surface area (TPSA) is 43.7 Å². The highest BCUT2D eigenvalue weighted by atomic mass is 79.9. The summed E-state index contributed by atoms with van der Waals surface area (Å²) in [6.45, 7) is 5.64. The van der Waals surface area contributed by atoms with Crippen LogP contribution in [0.2, 0.25) is 0 Å². The van der Waals surface area contributed by atoms with Crippen LogP contribution in [-0.2, 0) is 0 Å². The number of hydrogen-bond donors (Lipinski definition) is 2. The number of halogens is 1. The lowest BCUT2D eigenvalue weighted by atomic mass is 10.1. The zero-order chi connectivity index (χ0) is 13.5. The molecule has 2 N–H and O–H groups in total. The second-order valence-electron chi connectivity index (χ2n) is 4.45. The standard InChI is InChI=1S/C14H22BrNO2/c1-3-4-7-16(8-9-17)12-5-6-13(11(2)18)14(15)10-12/h5-6,10-11,17-18H,3-4,7-9H2,1-2H3/t11-/m0/s1. The van der Waals surface area contributed by atoms with Crippen LogP contribution in [0.1, 0.15) is 38.4 Å². The van der Waals surface area contributed by atoms with Crippen LogP contribution in [0.5, 0.6) is 0 Å². The Bertz CT molecular complexity index is 369. The van der Waals surface area contributed by atoms with Crippen LogP contribution < -0.4 is 4.90 Å². The van der Waals surface area contributed by atoms with E-state index in [0.717, 1.165) is 35.1 Å². The van der Waals surface area contributed by atoms with Crippen molar-refractivity contribution >= 4 is 21.6 Å². The molecule has 102 valence electrons. The minimum atomic E-state index is -0.477. The first-order valence-corrected chi connectivity index (χ1v) is 7.22. The second kappa shape index (κ2) is 7.77. The summed E-state index contributed by atoms with van der Waals surface area (Å²) in [5.74, 6) is 0. The number of unbranched alkanes of at least 4 members (excludes halogenated alkanes) is 1. The monoisotopic (exact) mass is 315 g/mol. The molecular weight excluding hydrogens is 294 g/mol. The van der Waals surface area contributed by atoms with E-state index in [0.29, 0.717) is 6.54 Å². The molecule has 1 aromatic carbocycles. The zero-order valence-corrected chi connectivity index (χ0v) is 12.7. The highest BCUT2D eigenvalue weighted by Gasteiger charge is 2.10. The van der Waals surface area contributed by atoms with Gasteiger partial charge in [0.05, 0.1) is 12.7 Å². The molecule has 1 atom stereocenters. The fraction of sp³-hybridized carbons (Fsp3) is 0.571. The van der Waals surface area contributed by atoms with Crippen molar-refractivity contribution in [1.29, 1.82) is 0 Å². The number of aliphatic hydroxyl groups excluding tert-OH is 2. The van der Waals surface area contributed by atoms with E-state index in [9.17, 15) is 5.11 Å². The predicted molar refractivity (Wildman–Crippen MR) is 79.0 cm³/mol. The van der Waals surface area contributed by atoms with Gasteiger partial charge in [0.25, 0.3) is 0 Å². The Kier molecular flexibility index (Phi) is 6.68. The second-order valence-corrected chi connectivity index (χ2v) is 5.30. The average Bonchev–Trinajstić information content (AvgIpc) is 2.33. The lowest BCUT2D eigenvalue weighted by Gasteiger charge is -2.24. The molecule has 0 radical (unpaired) electrons. The molecule has 0 amide bonds. The van der Waals surface area contributed by atoms with Crippen LogP contribution in [0.15, 0.2) is 22.7 Å². The minimum Gasteiger partial charge on any atom is -0.395 e. The van der Waals surface area contributed by atoms with Crippen molar-refractivity contribution < 1.29 is 10.2 Å². The molecule has 1 aromatic rings. The Morgan fingerprint density at radius 1 is 1.33 bits per heavy atom. The summed E-state index contributed by atoms with van der Waals surface area (Å²) in [5.41, 5.74) is 1.96. The van der Waals surface area contributed by atoms with Crippen LogP contribution in [0, 0.1) is 0 Å². The van der Waals surface area contributed by atoms with Crippen molar-refractivity contribution in [3.63, 3.8) is 0 Å². The molecular formula is C14H22BrNO2.